The first kappa shape index (κ1) is 15.8. The van der Waals surface area contributed by atoms with Crippen LogP contribution in [0, 0.1) is 5.82 Å². The van der Waals surface area contributed by atoms with Gasteiger partial charge in [-0.15, -0.1) is 0 Å². The van der Waals surface area contributed by atoms with Crippen LogP contribution in [0.1, 0.15) is 22.8 Å². The lowest BCUT2D eigenvalue weighted by atomic mass is 10.1. The van der Waals surface area contributed by atoms with E-state index in [0.29, 0.717) is 12.1 Å². The Balaban J connectivity index is 1.63. The topological polar surface area (TPSA) is 32.3 Å². The van der Waals surface area contributed by atoms with Gasteiger partial charge in [-0.3, -0.25) is 4.79 Å². The molecule has 2 aromatic carbocycles. The molecule has 2 aromatic rings. The molecule has 1 atom stereocenters. The van der Waals surface area contributed by atoms with E-state index in [1.165, 1.54) is 23.4 Å². The number of nitrogens with one attached hydrogen (secondary N) is 1. The maximum atomic E-state index is 13.0. The summed E-state index contributed by atoms with van der Waals surface area (Å²) in [5.41, 5.74) is 2.86. The summed E-state index contributed by atoms with van der Waals surface area (Å²) in [7, 11) is 0. The molecule has 0 radical (unpaired) electrons. The number of hydrogen-bond acceptors (Lipinski definition) is 2. The Kier molecular flexibility index (Phi) is 4.53. The van der Waals surface area contributed by atoms with E-state index in [4.69, 9.17) is 11.6 Å². The second-order valence-electron chi connectivity index (χ2n) is 5.76. The molecule has 0 aliphatic carbocycles. The Bertz CT molecular complexity index is 735. The number of rotatable bonds is 4. The van der Waals surface area contributed by atoms with Crippen LogP contribution in [0.5, 0.6) is 0 Å². The highest BCUT2D eigenvalue weighted by molar-refractivity contribution is 6.33. The van der Waals surface area contributed by atoms with Crippen LogP contribution in [0.15, 0.2) is 42.5 Å². The number of anilines is 1. The molecular weight excluding hydrogens is 315 g/mol. The zero-order chi connectivity index (χ0) is 16.4. The molecule has 1 heterocycles. The number of fused-ring (bicyclic) bond motifs is 1. The number of amides is 1. The van der Waals surface area contributed by atoms with E-state index >= 15 is 0 Å². The maximum Gasteiger partial charge on any atom is 0.252 e. The first-order valence-electron chi connectivity index (χ1n) is 7.64. The smallest absolute Gasteiger partial charge is 0.252 e. The summed E-state index contributed by atoms with van der Waals surface area (Å²) >= 11 is 5.92. The molecule has 120 valence electrons. The second-order valence-corrected chi connectivity index (χ2v) is 6.16. The molecule has 0 aromatic heterocycles. The highest BCUT2D eigenvalue weighted by atomic mass is 35.5. The largest absolute Gasteiger partial charge is 0.366 e. The summed E-state index contributed by atoms with van der Waals surface area (Å²) in [5.74, 6) is -0.733. The number of benzene rings is 2. The monoisotopic (exact) mass is 332 g/mol. The first-order chi connectivity index (χ1) is 11.1. The van der Waals surface area contributed by atoms with Gasteiger partial charge in [0.1, 0.15) is 5.82 Å². The van der Waals surface area contributed by atoms with Gasteiger partial charge >= 0.3 is 0 Å². The molecule has 1 unspecified atom stereocenters. The summed E-state index contributed by atoms with van der Waals surface area (Å²) in [6, 6.07) is 12.3. The lowest BCUT2D eigenvalue weighted by Gasteiger charge is -2.27. The third-order valence-corrected chi connectivity index (χ3v) is 4.50. The van der Waals surface area contributed by atoms with Gasteiger partial charge in [-0.2, -0.15) is 0 Å². The molecule has 0 spiro atoms. The fraction of sp³-hybridized carbons (Fsp3) is 0.278. The van der Waals surface area contributed by atoms with E-state index in [9.17, 15) is 9.18 Å². The second kappa shape index (κ2) is 6.59. The summed E-state index contributed by atoms with van der Waals surface area (Å²) in [6.07, 6.45) is 1.03. The van der Waals surface area contributed by atoms with Crippen molar-refractivity contribution in [2.75, 3.05) is 18.0 Å². The fourth-order valence-electron chi connectivity index (χ4n) is 2.94. The number of carbonyl (C=O) groups is 1. The van der Waals surface area contributed by atoms with Crippen LogP contribution >= 0.6 is 11.6 Å². The molecule has 0 saturated heterocycles. The minimum atomic E-state index is -0.450. The van der Waals surface area contributed by atoms with Gasteiger partial charge in [0.15, 0.2) is 0 Å². The van der Waals surface area contributed by atoms with Gasteiger partial charge in [0.2, 0.25) is 0 Å². The zero-order valence-corrected chi connectivity index (χ0v) is 13.6. The summed E-state index contributed by atoms with van der Waals surface area (Å²) in [6.45, 7) is 3.53. The molecule has 3 rings (SSSR count). The van der Waals surface area contributed by atoms with Crippen LogP contribution in [-0.4, -0.2) is 25.0 Å². The molecule has 1 aliphatic heterocycles. The quantitative estimate of drug-likeness (QED) is 0.926. The van der Waals surface area contributed by atoms with Gasteiger partial charge in [-0.25, -0.2) is 4.39 Å². The van der Waals surface area contributed by atoms with Crippen molar-refractivity contribution in [2.45, 2.75) is 19.4 Å². The Morgan fingerprint density at radius 3 is 2.91 bits per heavy atom. The van der Waals surface area contributed by atoms with Crippen LogP contribution in [0.25, 0.3) is 0 Å². The number of halogens is 2. The average Bonchev–Trinajstić information content (AvgIpc) is 2.96. The van der Waals surface area contributed by atoms with Crippen molar-refractivity contribution in [1.82, 2.24) is 5.32 Å². The fourth-order valence-corrected chi connectivity index (χ4v) is 3.19. The Hall–Kier alpha value is -2.07. The van der Waals surface area contributed by atoms with E-state index in [0.717, 1.165) is 19.0 Å². The lowest BCUT2D eigenvalue weighted by molar-refractivity contribution is 0.0951. The van der Waals surface area contributed by atoms with Gasteiger partial charge < -0.3 is 10.2 Å². The number of nitrogens with zero attached hydrogens (tertiary/aromatic N) is 1. The summed E-state index contributed by atoms with van der Waals surface area (Å²) in [5, 5.41) is 3.01. The summed E-state index contributed by atoms with van der Waals surface area (Å²) < 4.78 is 13.0. The predicted octanol–water partition coefficient (Wildman–Crippen LogP) is 3.66. The van der Waals surface area contributed by atoms with Crippen molar-refractivity contribution < 1.29 is 9.18 Å². The molecule has 1 N–H and O–H groups in total. The third kappa shape index (κ3) is 3.32. The van der Waals surface area contributed by atoms with Crippen molar-refractivity contribution in [3.05, 3.63) is 64.4 Å². The lowest BCUT2D eigenvalue weighted by Crippen LogP contribution is -2.41. The van der Waals surface area contributed by atoms with E-state index < -0.39 is 5.82 Å². The van der Waals surface area contributed by atoms with Gasteiger partial charge in [0, 0.05) is 24.8 Å². The molecule has 0 bridgehead atoms. The van der Waals surface area contributed by atoms with Crippen LogP contribution in [0.2, 0.25) is 5.02 Å². The molecular formula is C18H18ClFN2O. The predicted molar refractivity (Wildman–Crippen MR) is 90.7 cm³/mol. The van der Waals surface area contributed by atoms with Gasteiger partial charge in [0.25, 0.3) is 5.91 Å². The standard InChI is InChI=1S/C18H18ClFN2O/c1-12(22-9-8-13-4-2-3-5-17(13)22)11-21-18(23)15-7-6-14(20)10-16(15)19/h2-7,10,12H,8-9,11H2,1H3,(H,21,23). The molecule has 23 heavy (non-hydrogen) atoms. The van der Waals surface area contributed by atoms with Crippen molar-refractivity contribution >= 4 is 23.2 Å². The van der Waals surface area contributed by atoms with Crippen LogP contribution in [0.3, 0.4) is 0 Å². The van der Waals surface area contributed by atoms with Crippen molar-refractivity contribution in [1.29, 1.82) is 0 Å². The van der Waals surface area contributed by atoms with Crippen molar-refractivity contribution in [2.24, 2.45) is 0 Å². The van der Waals surface area contributed by atoms with Gasteiger partial charge in [-0.1, -0.05) is 29.8 Å². The highest BCUT2D eigenvalue weighted by Gasteiger charge is 2.23. The molecule has 1 aliphatic rings. The van der Waals surface area contributed by atoms with Gasteiger partial charge in [-0.05, 0) is 43.2 Å². The maximum absolute atomic E-state index is 13.0. The Labute approximate surface area is 140 Å². The minimum Gasteiger partial charge on any atom is -0.366 e. The third-order valence-electron chi connectivity index (χ3n) is 4.19. The molecule has 3 nitrogen and oxygen atoms in total. The van der Waals surface area contributed by atoms with E-state index in [-0.39, 0.29) is 17.0 Å². The van der Waals surface area contributed by atoms with Crippen LogP contribution in [-0.2, 0) is 6.42 Å². The van der Waals surface area contributed by atoms with Crippen molar-refractivity contribution in [3.8, 4) is 0 Å². The van der Waals surface area contributed by atoms with Crippen LogP contribution < -0.4 is 10.2 Å². The van der Waals surface area contributed by atoms with Crippen molar-refractivity contribution in [3.63, 3.8) is 0 Å². The SMILES string of the molecule is CC(CNC(=O)c1ccc(F)cc1Cl)N1CCc2ccccc21. The number of hydrogen-bond donors (Lipinski definition) is 1. The Morgan fingerprint density at radius 2 is 2.13 bits per heavy atom. The van der Waals surface area contributed by atoms with E-state index in [2.05, 4.69) is 29.3 Å². The zero-order valence-electron chi connectivity index (χ0n) is 12.9. The first-order valence-corrected chi connectivity index (χ1v) is 8.02. The number of para-hydroxylation sites is 1. The minimum absolute atomic E-state index is 0.127. The summed E-state index contributed by atoms with van der Waals surface area (Å²) in [4.78, 5) is 14.5. The van der Waals surface area contributed by atoms with Gasteiger partial charge in [0.05, 0.1) is 10.6 Å². The highest BCUT2D eigenvalue weighted by Crippen LogP contribution is 2.29. The van der Waals surface area contributed by atoms with E-state index in [1.807, 2.05) is 12.1 Å². The molecule has 5 heteroatoms. The van der Waals surface area contributed by atoms with Crippen LogP contribution in [0.4, 0.5) is 10.1 Å². The van der Waals surface area contributed by atoms with E-state index in [1.54, 1.807) is 0 Å². The Morgan fingerprint density at radius 1 is 1.35 bits per heavy atom. The normalized spacial score (nSPS) is 14.5. The number of carbonyl (C=O) groups excluding carboxylic acids is 1. The average molecular weight is 333 g/mol. The molecule has 0 fully saturated rings. The molecule has 0 saturated carbocycles. The molecule has 1 amide bonds.